The number of rotatable bonds is 2. The molecule has 0 saturated carbocycles. The molecule has 2 nitrogen and oxygen atoms in total. The third-order valence-electron chi connectivity index (χ3n) is 1.63. The lowest BCUT2D eigenvalue weighted by molar-refractivity contribution is 0.0471. The Balaban J connectivity index is 2.83. The van der Waals surface area contributed by atoms with E-state index < -0.39 is 5.56 Å². The Morgan fingerprint density at radius 1 is 1.46 bits per heavy atom. The van der Waals surface area contributed by atoms with Gasteiger partial charge in [0.25, 0.3) is 0 Å². The Morgan fingerprint density at radius 3 is 2.62 bits per heavy atom. The van der Waals surface area contributed by atoms with Crippen LogP contribution in [0.5, 0.6) is 0 Å². The van der Waals surface area contributed by atoms with Gasteiger partial charge in [-0.05, 0) is 25.5 Å². The molecule has 0 aliphatic heterocycles. The summed E-state index contributed by atoms with van der Waals surface area (Å²) in [7, 11) is 0. The highest BCUT2D eigenvalue weighted by Gasteiger charge is 2.11. The Morgan fingerprint density at radius 2 is 2.08 bits per heavy atom. The molecule has 0 N–H and O–H groups in total. The van der Waals surface area contributed by atoms with Crippen LogP contribution in [0.1, 0.15) is 22.8 Å². The van der Waals surface area contributed by atoms with E-state index in [2.05, 4.69) is 0 Å². The van der Waals surface area contributed by atoms with Gasteiger partial charge >= 0.3 is 5.97 Å². The van der Waals surface area contributed by atoms with E-state index >= 15 is 0 Å². The molecule has 13 heavy (non-hydrogen) atoms. The number of hydrogen-bond acceptors (Lipinski definition) is 2. The fourth-order valence-corrected chi connectivity index (χ4v) is 1.09. The fourth-order valence-electron chi connectivity index (χ4n) is 1.01. The molecule has 0 fully saturated rings. The van der Waals surface area contributed by atoms with Gasteiger partial charge in [0.1, 0.15) is 0 Å². The quantitative estimate of drug-likeness (QED) is 0.540. The van der Waals surface area contributed by atoms with Gasteiger partial charge in [0.05, 0.1) is 5.56 Å². The second-order valence-electron chi connectivity index (χ2n) is 2.76. The van der Waals surface area contributed by atoms with E-state index in [0.29, 0.717) is 5.56 Å². The molecule has 1 aromatic rings. The van der Waals surface area contributed by atoms with E-state index in [4.69, 9.17) is 16.3 Å². The SMILES string of the molecule is Cc1ccccc1C(=O)OC(C)Cl. The highest BCUT2D eigenvalue weighted by Crippen LogP contribution is 2.10. The minimum atomic E-state index is -0.591. The maximum Gasteiger partial charge on any atom is 0.339 e. The van der Waals surface area contributed by atoms with Crippen molar-refractivity contribution in [3.63, 3.8) is 0 Å². The number of ether oxygens (including phenoxy) is 1. The van der Waals surface area contributed by atoms with E-state index in [9.17, 15) is 4.79 Å². The third-order valence-corrected chi connectivity index (χ3v) is 1.72. The van der Waals surface area contributed by atoms with Gasteiger partial charge in [-0.3, -0.25) is 0 Å². The largest absolute Gasteiger partial charge is 0.443 e. The highest BCUT2D eigenvalue weighted by atomic mass is 35.5. The van der Waals surface area contributed by atoms with E-state index in [0.717, 1.165) is 5.56 Å². The predicted molar refractivity (Wildman–Crippen MR) is 51.9 cm³/mol. The van der Waals surface area contributed by atoms with Crippen LogP contribution in [0.4, 0.5) is 0 Å². The topological polar surface area (TPSA) is 26.3 Å². The summed E-state index contributed by atoms with van der Waals surface area (Å²) in [5.74, 6) is -0.374. The lowest BCUT2D eigenvalue weighted by atomic mass is 10.1. The number of halogens is 1. The first-order chi connectivity index (χ1) is 6.11. The molecule has 0 aromatic heterocycles. The summed E-state index contributed by atoms with van der Waals surface area (Å²) in [5.41, 5.74) is 0.868. The Bertz CT molecular complexity index is 308. The lowest BCUT2D eigenvalue weighted by Crippen LogP contribution is -2.10. The summed E-state index contributed by atoms with van der Waals surface area (Å²) < 4.78 is 4.84. The number of hydrogen-bond donors (Lipinski definition) is 0. The van der Waals surface area contributed by atoms with Gasteiger partial charge in [-0.1, -0.05) is 29.8 Å². The molecule has 1 rings (SSSR count). The van der Waals surface area contributed by atoms with Crippen molar-refractivity contribution in [1.82, 2.24) is 0 Å². The summed E-state index contributed by atoms with van der Waals surface area (Å²) in [6.45, 7) is 3.47. The average molecular weight is 199 g/mol. The first-order valence-corrected chi connectivity index (χ1v) is 4.45. The third kappa shape index (κ3) is 2.74. The first-order valence-electron chi connectivity index (χ1n) is 4.02. The van der Waals surface area contributed by atoms with Gasteiger partial charge in [-0.25, -0.2) is 4.79 Å². The van der Waals surface area contributed by atoms with E-state index in [1.165, 1.54) is 0 Å². The predicted octanol–water partition coefficient (Wildman–Crippen LogP) is 2.74. The van der Waals surface area contributed by atoms with E-state index in [1.807, 2.05) is 19.1 Å². The summed E-state index contributed by atoms with van der Waals surface area (Å²) in [5, 5.41) is 0. The summed E-state index contributed by atoms with van der Waals surface area (Å²) in [6.07, 6.45) is 0. The minimum Gasteiger partial charge on any atom is -0.443 e. The van der Waals surface area contributed by atoms with Crippen LogP contribution in [0.15, 0.2) is 24.3 Å². The maximum atomic E-state index is 11.4. The van der Waals surface area contributed by atoms with Crippen LogP contribution in [0.25, 0.3) is 0 Å². The van der Waals surface area contributed by atoms with Crippen molar-refractivity contribution in [3.05, 3.63) is 35.4 Å². The smallest absolute Gasteiger partial charge is 0.339 e. The number of benzene rings is 1. The van der Waals surface area contributed by atoms with Crippen LogP contribution in [0.3, 0.4) is 0 Å². The zero-order valence-corrected chi connectivity index (χ0v) is 8.34. The molecule has 0 bridgehead atoms. The lowest BCUT2D eigenvalue weighted by Gasteiger charge is -2.07. The van der Waals surface area contributed by atoms with Crippen molar-refractivity contribution in [2.24, 2.45) is 0 Å². The summed E-state index contributed by atoms with van der Waals surface area (Å²) >= 11 is 5.53. The first kappa shape index (κ1) is 10.1. The average Bonchev–Trinajstić information content (AvgIpc) is 2.03. The van der Waals surface area contributed by atoms with Crippen molar-refractivity contribution in [1.29, 1.82) is 0 Å². The minimum absolute atomic E-state index is 0.374. The molecular formula is C10H11ClO2. The van der Waals surface area contributed by atoms with Crippen LogP contribution >= 0.6 is 11.6 Å². The number of aryl methyl sites for hydroxylation is 1. The van der Waals surface area contributed by atoms with Crippen molar-refractivity contribution >= 4 is 17.6 Å². The molecule has 1 aromatic carbocycles. The van der Waals surface area contributed by atoms with Crippen molar-refractivity contribution < 1.29 is 9.53 Å². The number of carbonyl (C=O) groups is 1. The van der Waals surface area contributed by atoms with Gasteiger partial charge < -0.3 is 4.74 Å². The van der Waals surface area contributed by atoms with Crippen molar-refractivity contribution in [2.45, 2.75) is 19.4 Å². The van der Waals surface area contributed by atoms with Crippen LogP contribution in [0, 0.1) is 6.92 Å². The summed E-state index contributed by atoms with van der Waals surface area (Å²) in [6, 6.07) is 7.24. The van der Waals surface area contributed by atoms with E-state index in [-0.39, 0.29) is 5.97 Å². The molecule has 0 aliphatic carbocycles. The number of esters is 1. The van der Waals surface area contributed by atoms with Gasteiger partial charge in [0.15, 0.2) is 5.56 Å². The monoisotopic (exact) mass is 198 g/mol. The molecule has 1 unspecified atom stereocenters. The second-order valence-corrected chi connectivity index (χ2v) is 3.38. The maximum absolute atomic E-state index is 11.4. The molecule has 0 spiro atoms. The normalized spacial score (nSPS) is 12.2. The molecule has 0 saturated heterocycles. The fraction of sp³-hybridized carbons (Fsp3) is 0.300. The van der Waals surface area contributed by atoms with Gasteiger partial charge in [0, 0.05) is 0 Å². The molecular weight excluding hydrogens is 188 g/mol. The molecule has 0 radical (unpaired) electrons. The molecule has 0 amide bonds. The van der Waals surface area contributed by atoms with Gasteiger partial charge in [0.2, 0.25) is 0 Å². The van der Waals surface area contributed by atoms with Gasteiger partial charge in [-0.2, -0.15) is 0 Å². The van der Waals surface area contributed by atoms with Crippen molar-refractivity contribution in [2.75, 3.05) is 0 Å². The molecule has 1 atom stereocenters. The Hall–Kier alpha value is -1.02. The molecule has 0 heterocycles. The van der Waals surface area contributed by atoms with Crippen LogP contribution < -0.4 is 0 Å². The number of alkyl halides is 1. The Labute approximate surface area is 82.5 Å². The molecule has 3 heteroatoms. The van der Waals surface area contributed by atoms with Crippen LogP contribution in [0.2, 0.25) is 0 Å². The van der Waals surface area contributed by atoms with Crippen LogP contribution in [-0.2, 0) is 4.74 Å². The van der Waals surface area contributed by atoms with Crippen LogP contribution in [-0.4, -0.2) is 11.5 Å². The van der Waals surface area contributed by atoms with Gasteiger partial charge in [-0.15, -0.1) is 0 Å². The standard InChI is InChI=1S/C10H11ClO2/c1-7-5-3-4-6-9(7)10(12)13-8(2)11/h3-6,8H,1-2H3. The Kier molecular flexibility index (Phi) is 3.32. The number of carbonyl (C=O) groups excluding carboxylic acids is 1. The van der Waals surface area contributed by atoms with Crippen molar-refractivity contribution in [3.8, 4) is 0 Å². The second kappa shape index (κ2) is 4.28. The highest BCUT2D eigenvalue weighted by molar-refractivity contribution is 6.20. The molecule has 0 aliphatic rings. The molecule has 70 valence electrons. The van der Waals surface area contributed by atoms with E-state index in [1.54, 1.807) is 19.1 Å². The summed E-state index contributed by atoms with van der Waals surface area (Å²) in [4.78, 5) is 11.4. The zero-order chi connectivity index (χ0) is 9.84. The zero-order valence-electron chi connectivity index (χ0n) is 7.58.